The van der Waals surface area contributed by atoms with E-state index in [2.05, 4.69) is 10.4 Å². The standard InChI is InChI=1S/C9H15N3O2/c1-3-14-5-4-12-7-8(6-11-12)9(13)10-2/h6-7H,3-5H2,1-2H3,(H,10,13). The van der Waals surface area contributed by atoms with Crippen LogP contribution in [0.25, 0.3) is 0 Å². The van der Waals surface area contributed by atoms with Crippen molar-refractivity contribution < 1.29 is 9.53 Å². The Morgan fingerprint density at radius 3 is 3.14 bits per heavy atom. The highest BCUT2D eigenvalue weighted by molar-refractivity contribution is 5.93. The maximum absolute atomic E-state index is 11.2. The smallest absolute Gasteiger partial charge is 0.254 e. The highest BCUT2D eigenvalue weighted by atomic mass is 16.5. The molecule has 1 aromatic rings. The highest BCUT2D eigenvalue weighted by Gasteiger charge is 2.05. The maximum atomic E-state index is 11.2. The summed E-state index contributed by atoms with van der Waals surface area (Å²) in [7, 11) is 1.60. The van der Waals surface area contributed by atoms with Gasteiger partial charge in [0.15, 0.2) is 0 Å². The minimum absolute atomic E-state index is 0.118. The number of carbonyl (C=O) groups excluding carboxylic acids is 1. The minimum atomic E-state index is -0.118. The summed E-state index contributed by atoms with van der Waals surface area (Å²) in [6.45, 7) is 3.93. The lowest BCUT2D eigenvalue weighted by atomic mass is 10.3. The normalized spacial score (nSPS) is 10.1. The van der Waals surface area contributed by atoms with Crippen LogP contribution in [0.5, 0.6) is 0 Å². The largest absolute Gasteiger partial charge is 0.380 e. The van der Waals surface area contributed by atoms with Gasteiger partial charge in [0.1, 0.15) is 0 Å². The first-order valence-electron chi connectivity index (χ1n) is 4.60. The Kier molecular flexibility index (Phi) is 4.12. The van der Waals surface area contributed by atoms with Gasteiger partial charge in [-0.2, -0.15) is 5.10 Å². The monoisotopic (exact) mass is 197 g/mol. The van der Waals surface area contributed by atoms with Crippen molar-refractivity contribution >= 4 is 5.91 Å². The Bertz CT molecular complexity index is 296. The number of nitrogens with one attached hydrogen (secondary N) is 1. The van der Waals surface area contributed by atoms with Crippen molar-refractivity contribution in [2.75, 3.05) is 20.3 Å². The van der Waals surface area contributed by atoms with Gasteiger partial charge in [0, 0.05) is 19.9 Å². The molecule has 5 nitrogen and oxygen atoms in total. The van der Waals surface area contributed by atoms with Crippen molar-refractivity contribution in [1.82, 2.24) is 15.1 Å². The van der Waals surface area contributed by atoms with Crippen molar-refractivity contribution in [3.8, 4) is 0 Å². The van der Waals surface area contributed by atoms with E-state index in [-0.39, 0.29) is 5.91 Å². The molecule has 1 N–H and O–H groups in total. The average molecular weight is 197 g/mol. The number of hydrogen-bond acceptors (Lipinski definition) is 3. The molecule has 0 atom stereocenters. The molecule has 1 amide bonds. The third-order valence-corrected chi connectivity index (χ3v) is 1.79. The minimum Gasteiger partial charge on any atom is -0.380 e. The number of nitrogens with zero attached hydrogens (tertiary/aromatic N) is 2. The zero-order chi connectivity index (χ0) is 10.4. The molecule has 1 heterocycles. The van der Waals surface area contributed by atoms with E-state index < -0.39 is 0 Å². The number of amides is 1. The van der Waals surface area contributed by atoms with Crippen LogP contribution < -0.4 is 5.32 Å². The summed E-state index contributed by atoms with van der Waals surface area (Å²) in [5.74, 6) is -0.118. The molecule has 0 bridgehead atoms. The molecule has 0 saturated carbocycles. The second kappa shape index (κ2) is 5.39. The van der Waals surface area contributed by atoms with Gasteiger partial charge in [-0.05, 0) is 6.92 Å². The van der Waals surface area contributed by atoms with Gasteiger partial charge in [0.25, 0.3) is 5.91 Å². The van der Waals surface area contributed by atoms with Crippen LogP contribution in [-0.4, -0.2) is 35.9 Å². The first kappa shape index (κ1) is 10.7. The molecule has 0 aromatic carbocycles. The average Bonchev–Trinajstić information content (AvgIpc) is 2.66. The second-order valence-electron chi connectivity index (χ2n) is 2.77. The summed E-state index contributed by atoms with van der Waals surface area (Å²) in [5, 5.41) is 6.57. The van der Waals surface area contributed by atoms with E-state index in [9.17, 15) is 4.79 Å². The summed E-state index contributed by atoms with van der Waals surface area (Å²) in [4.78, 5) is 11.2. The number of hydrogen-bond donors (Lipinski definition) is 1. The van der Waals surface area contributed by atoms with Crippen LogP contribution in [0.4, 0.5) is 0 Å². The van der Waals surface area contributed by atoms with Gasteiger partial charge >= 0.3 is 0 Å². The predicted octanol–water partition coefficient (Wildman–Crippen LogP) is 0.279. The van der Waals surface area contributed by atoms with Crippen molar-refractivity contribution in [2.45, 2.75) is 13.5 Å². The van der Waals surface area contributed by atoms with Crippen molar-refractivity contribution in [2.24, 2.45) is 0 Å². The first-order chi connectivity index (χ1) is 6.77. The molecule has 0 saturated heterocycles. The van der Waals surface area contributed by atoms with E-state index in [1.54, 1.807) is 24.1 Å². The summed E-state index contributed by atoms with van der Waals surface area (Å²) >= 11 is 0. The number of carbonyl (C=O) groups is 1. The highest BCUT2D eigenvalue weighted by Crippen LogP contribution is 1.96. The second-order valence-corrected chi connectivity index (χ2v) is 2.77. The van der Waals surface area contributed by atoms with E-state index in [1.165, 1.54) is 0 Å². The molecule has 1 rings (SSSR count). The van der Waals surface area contributed by atoms with Gasteiger partial charge in [0.05, 0.1) is 24.9 Å². The first-order valence-corrected chi connectivity index (χ1v) is 4.60. The summed E-state index contributed by atoms with van der Waals surface area (Å²) in [5.41, 5.74) is 0.573. The Hall–Kier alpha value is -1.36. The summed E-state index contributed by atoms with van der Waals surface area (Å²) < 4.78 is 6.87. The maximum Gasteiger partial charge on any atom is 0.254 e. The van der Waals surface area contributed by atoms with Gasteiger partial charge in [0.2, 0.25) is 0 Å². The molecule has 0 aliphatic rings. The fourth-order valence-corrected chi connectivity index (χ4v) is 1.05. The lowest BCUT2D eigenvalue weighted by molar-refractivity contribution is 0.0962. The fourth-order valence-electron chi connectivity index (χ4n) is 1.05. The predicted molar refractivity (Wildman–Crippen MR) is 52.1 cm³/mol. The van der Waals surface area contributed by atoms with E-state index in [4.69, 9.17) is 4.74 Å². The van der Waals surface area contributed by atoms with Crippen LogP contribution in [0.2, 0.25) is 0 Å². The van der Waals surface area contributed by atoms with Crippen LogP contribution in [0.1, 0.15) is 17.3 Å². The zero-order valence-corrected chi connectivity index (χ0v) is 8.49. The van der Waals surface area contributed by atoms with Crippen molar-refractivity contribution in [3.63, 3.8) is 0 Å². The Labute approximate surface area is 83.1 Å². The topological polar surface area (TPSA) is 56.1 Å². The molecule has 5 heteroatoms. The third-order valence-electron chi connectivity index (χ3n) is 1.79. The number of rotatable bonds is 5. The van der Waals surface area contributed by atoms with E-state index in [1.807, 2.05) is 6.92 Å². The molecule has 0 spiro atoms. The molecule has 78 valence electrons. The molecule has 14 heavy (non-hydrogen) atoms. The fraction of sp³-hybridized carbons (Fsp3) is 0.556. The quantitative estimate of drug-likeness (QED) is 0.690. The van der Waals surface area contributed by atoms with E-state index in [0.29, 0.717) is 25.3 Å². The molecule has 0 fully saturated rings. The lowest BCUT2D eigenvalue weighted by Gasteiger charge is -2.00. The third kappa shape index (κ3) is 2.85. The number of ether oxygens (including phenoxy) is 1. The molecule has 0 unspecified atom stereocenters. The van der Waals surface area contributed by atoms with Crippen molar-refractivity contribution in [1.29, 1.82) is 0 Å². The van der Waals surface area contributed by atoms with Gasteiger partial charge in [-0.3, -0.25) is 9.48 Å². The number of aromatic nitrogens is 2. The Morgan fingerprint density at radius 1 is 1.71 bits per heavy atom. The molecule has 0 aliphatic heterocycles. The van der Waals surface area contributed by atoms with Crippen LogP contribution in [0.15, 0.2) is 12.4 Å². The zero-order valence-electron chi connectivity index (χ0n) is 8.49. The van der Waals surface area contributed by atoms with Crippen LogP contribution in [-0.2, 0) is 11.3 Å². The Morgan fingerprint density at radius 2 is 2.50 bits per heavy atom. The molecular weight excluding hydrogens is 182 g/mol. The van der Waals surface area contributed by atoms with Gasteiger partial charge in [-0.15, -0.1) is 0 Å². The molecule has 0 aliphatic carbocycles. The van der Waals surface area contributed by atoms with E-state index >= 15 is 0 Å². The molecular formula is C9H15N3O2. The van der Waals surface area contributed by atoms with E-state index in [0.717, 1.165) is 0 Å². The Balaban J connectivity index is 2.46. The van der Waals surface area contributed by atoms with Crippen LogP contribution >= 0.6 is 0 Å². The van der Waals surface area contributed by atoms with Gasteiger partial charge in [-0.1, -0.05) is 0 Å². The lowest BCUT2D eigenvalue weighted by Crippen LogP contribution is -2.17. The van der Waals surface area contributed by atoms with Crippen LogP contribution in [0.3, 0.4) is 0 Å². The van der Waals surface area contributed by atoms with Crippen LogP contribution in [0, 0.1) is 0 Å². The van der Waals surface area contributed by atoms with Gasteiger partial charge < -0.3 is 10.1 Å². The summed E-state index contributed by atoms with van der Waals surface area (Å²) in [6.07, 6.45) is 3.25. The summed E-state index contributed by atoms with van der Waals surface area (Å²) in [6, 6.07) is 0. The molecule has 1 aromatic heterocycles. The molecule has 0 radical (unpaired) electrons. The van der Waals surface area contributed by atoms with Crippen molar-refractivity contribution in [3.05, 3.63) is 18.0 Å². The SMILES string of the molecule is CCOCCn1cc(C(=O)NC)cn1. The van der Waals surface area contributed by atoms with Gasteiger partial charge in [-0.25, -0.2) is 0 Å².